The van der Waals surface area contributed by atoms with E-state index in [0.717, 1.165) is 18.8 Å². The van der Waals surface area contributed by atoms with Gasteiger partial charge >= 0.3 is 12.0 Å². The number of carbonyl (C=O) groups excluding carboxylic acids is 1. The number of hydrogen-bond donors (Lipinski definition) is 1. The average molecular weight is 488 g/mol. The first-order valence-electron chi connectivity index (χ1n) is 12.0. The lowest BCUT2D eigenvalue weighted by molar-refractivity contribution is 0.0485. The van der Waals surface area contributed by atoms with Crippen LogP contribution in [-0.2, 0) is 18.9 Å². The second-order valence-corrected chi connectivity index (χ2v) is 8.92. The van der Waals surface area contributed by atoms with E-state index in [2.05, 4.69) is 25.7 Å². The van der Waals surface area contributed by atoms with Gasteiger partial charge in [-0.2, -0.15) is 4.68 Å². The molecule has 35 heavy (non-hydrogen) atoms. The molecular formula is C22H29N7O6. The molecule has 1 aromatic heterocycles. The van der Waals surface area contributed by atoms with Crippen molar-refractivity contribution in [3.05, 3.63) is 24.3 Å². The number of amides is 2. The van der Waals surface area contributed by atoms with E-state index in [1.807, 2.05) is 24.3 Å². The average Bonchev–Trinajstić information content (AvgIpc) is 3.63. The zero-order valence-corrected chi connectivity index (χ0v) is 19.3. The van der Waals surface area contributed by atoms with E-state index >= 15 is 0 Å². The van der Waals surface area contributed by atoms with Gasteiger partial charge in [0, 0.05) is 37.9 Å². The van der Waals surface area contributed by atoms with Crippen LogP contribution >= 0.6 is 0 Å². The molecule has 0 bridgehead atoms. The summed E-state index contributed by atoms with van der Waals surface area (Å²) in [6.45, 7) is 6.07. The van der Waals surface area contributed by atoms with Crippen LogP contribution in [0.4, 0.5) is 10.5 Å². The highest BCUT2D eigenvalue weighted by atomic mass is 16.6. The van der Waals surface area contributed by atoms with Crippen molar-refractivity contribution in [3.8, 4) is 11.8 Å². The Morgan fingerprint density at radius 3 is 2.60 bits per heavy atom. The number of morpholine rings is 2. The van der Waals surface area contributed by atoms with Crippen LogP contribution < -0.4 is 15.0 Å². The molecule has 4 aliphatic heterocycles. The molecule has 0 spiro atoms. The minimum absolute atomic E-state index is 0.124. The molecule has 0 radical (unpaired) electrons. The van der Waals surface area contributed by atoms with Crippen molar-refractivity contribution in [2.45, 2.75) is 24.3 Å². The van der Waals surface area contributed by atoms with Crippen LogP contribution in [0.25, 0.3) is 0 Å². The Kier molecular flexibility index (Phi) is 6.37. The number of hydrogen-bond acceptors (Lipinski definition) is 10. The summed E-state index contributed by atoms with van der Waals surface area (Å²) in [5, 5.41) is 15.1. The minimum Gasteiger partial charge on any atom is -0.423 e. The van der Waals surface area contributed by atoms with Gasteiger partial charge in [-0.3, -0.25) is 0 Å². The first kappa shape index (κ1) is 22.5. The van der Waals surface area contributed by atoms with E-state index in [0.29, 0.717) is 58.5 Å². The Labute approximate surface area is 202 Å². The molecular weight excluding hydrogens is 458 g/mol. The highest BCUT2D eigenvalue weighted by Gasteiger charge is 2.50. The maximum atomic E-state index is 12.6. The zero-order valence-electron chi connectivity index (χ0n) is 19.3. The second kappa shape index (κ2) is 9.93. The molecule has 13 heteroatoms. The number of rotatable bonds is 5. The molecule has 0 unspecified atom stereocenters. The zero-order chi connectivity index (χ0) is 23.6. The summed E-state index contributed by atoms with van der Waals surface area (Å²) in [4.78, 5) is 16.6. The Morgan fingerprint density at radius 2 is 1.77 bits per heavy atom. The van der Waals surface area contributed by atoms with Crippen LogP contribution in [0.2, 0.25) is 0 Å². The lowest BCUT2D eigenvalue weighted by atomic mass is 10.1. The fourth-order valence-electron chi connectivity index (χ4n) is 4.96. The molecule has 4 aliphatic rings. The molecule has 4 fully saturated rings. The molecule has 0 saturated carbocycles. The van der Waals surface area contributed by atoms with Crippen LogP contribution in [0.3, 0.4) is 0 Å². The maximum absolute atomic E-state index is 12.6. The van der Waals surface area contributed by atoms with Gasteiger partial charge in [0.15, 0.2) is 0 Å². The third kappa shape index (κ3) is 4.63. The smallest absolute Gasteiger partial charge is 0.341 e. The van der Waals surface area contributed by atoms with Crippen molar-refractivity contribution >= 4 is 11.7 Å². The van der Waals surface area contributed by atoms with Crippen molar-refractivity contribution in [1.82, 2.24) is 30.4 Å². The van der Waals surface area contributed by atoms with Gasteiger partial charge in [-0.05, 0) is 22.6 Å². The van der Waals surface area contributed by atoms with E-state index in [9.17, 15) is 4.79 Å². The first-order valence-corrected chi connectivity index (χ1v) is 12.0. The Hall–Kier alpha value is -3.00. The summed E-state index contributed by atoms with van der Waals surface area (Å²) >= 11 is 0. The van der Waals surface area contributed by atoms with Crippen molar-refractivity contribution in [2.75, 3.05) is 70.7 Å². The Morgan fingerprint density at radius 1 is 1.00 bits per heavy atom. The van der Waals surface area contributed by atoms with Crippen LogP contribution in [0.15, 0.2) is 24.3 Å². The fourth-order valence-corrected chi connectivity index (χ4v) is 4.96. The number of aromatic nitrogens is 4. The number of nitrogens with zero attached hydrogens (tertiary/aromatic N) is 6. The predicted octanol–water partition coefficient (Wildman–Crippen LogP) is 0.0511. The third-order valence-electron chi connectivity index (χ3n) is 6.81. The summed E-state index contributed by atoms with van der Waals surface area (Å²) in [5.74, 6) is 0.642. The molecule has 13 nitrogen and oxygen atoms in total. The Balaban J connectivity index is 1.11. The number of urea groups is 1. The molecule has 188 valence electrons. The van der Waals surface area contributed by atoms with Crippen molar-refractivity contribution in [3.63, 3.8) is 0 Å². The lowest BCUT2D eigenvalue weighted by Gasteiger charge is -2.29. The van der Waals surface area contributed by atoms with Gasteiger partial charge in [-0.15, -0.1) is 0 Å². The first-order chi connectivity index (χ1) is 17.3. The van der Waals surface area contributed by atoms with Gasteiger partial charge in [-0.25, -0.2) is 4.79 Å². The number of tetrazole rings is 1. The molecule has 6 rings (SSSR count). The quantitative estimate of drug-likeness (QED) is 0.618. The van der Waals surface area contributed by atoms with E-state index in [1.165, 1.54) is 0 Å². The normalized spacial score (nSPS) is 28.7. The summed E-state index contributed by atoms with van der Waals surface area (Å²) in [6.07, 6.45) is -0.581. The summed E-state index contributed by atoms with van der Waals surface area (Å²) in [6, 6.07) is 7.48. The van der Waals surface area contributed by atoms with Gasteiger partial charge in [0.2, 0.25) is 0 Å². The molecule has 2 aromatic rings. The molecule has 4 atom stereocenters. The van der Waals surface area contributed by atoms with Crippen LogP contribution in [-0.4, -0.2) is 115 Å². The highest BCUT2D eigenvalue weighted by molar-refractivity contribution is 5.74. The van der Waals surface area contributed by atoms with Gasteiger partial charge in [-0.1, -0.05) is 11.2 Å². The number of fused-ring (bicyclic) bond motifs is 1. The minimum atomic E-state index is -0.296. The predicted molar refractivity (Wildman–Crippen MR) is 121 cm³/mol. The molecule has 4 saturated heterocycles. The topological polar surface area (TPSA) is 125 Å². The van der Waals surface area contributed by atoms with Gasteiger partial charge in [0.05, 0.1) is 45.7 Å². The summed E-state index contributed by atoms with van der Waals surface area (Å²) < 4.78 is 30.6. The monoisotopic (exact) mass is 487 g/mol. The van der Waals surface area contributed by atoms with E-state index in [-0.39, 0.29) is 36.3 Å². The van der Waals surface area contributed by atoms with E-state index in [4.69, 9.17) is 23.7 Å². The fraction of sp³-hybridized carbons (Fsp3) is 0.636. The molecule has 0 aliphatic carbocycles. The molecule has 1 aromatic carbocycles. The van der Waals surface area contributed by atoms with Gasteiger partial charge in [0.25, 0.3) is 0 Å². The van der Waals surface area contributed by atoms with E-state index < -0.39 is 0 Å². The maximum Gasteiger partial charge on any atom is 0.341 e. The molecule has 2 amide bonds. The lowest BCUT2D eigenvalue weighted by Crippen LogP contribution is -2.52. The third-order valence-corrected chi connectivity index (χ3v) is 6.81. The number of carbonyl (C=O) groups is 1. The second-order valence-electron chi connectivity index (χ2n) is 8.92. The molecule has 5 heterocycles. The number of anilines is 1. The van der Waals surface area contributed by atoms with Gasteiger partial charge in [0.1, 0.15) is 24.0 Å². The van der Waals surface area contributed by atoms with E-state index in [1.54, 1.807) is 9.58 Å². The number of ether oxygens (including phenoxy) is 5. The summed E-state index contributed by atoms with van der Waals surface area (Å²) in [7, 11) is 0. The highest BCUT2D eigenvalue weighted by Crippen LogP contribution is 2.36. The SMILES string of the molecule is O=C(N[C@H]1CO[C@H]2[C@@H]1OC[C@@H]2n1nnnc1Oc1cccc(N2CCOCC2)c1)N1CCOCC1. The Bertz CT molecular complexity index is 1030. The van der Waals surface area contributed by atoms with Crippen LogP contribution in [0.1, 0.15) is 6.04 Å². The number of nitrogens with one attached hydrogen (secondary N) is 1. The molecule has 1 N–H and O–H groups in total. The van der Waals surface area contributed by atoms with Crippen molar-refractivity contribution in [2.24, 2.45) is 0 Å². The largest absolute Gasteiger partial charge is 0.423 e. The summed E-state index contributed by atoms with van der Waals surface area (Å²) in [5.41, 5.74) is 1.06. The van der Waals surface area contributed by atoms with Crippen molar-refractivity contribution < 1.29 is 28.5 Å². The standard InChI is InChI=1S/C22H29N7O6/c30-21(28-6-10-32-11-7-28)23-17-13-33-20-18(14-34-19(17)20)29-22(24-25-26-29)35-16-3-1-2-15(12-16)27-4-8-31-9-5-27/h1-3,12,17-20H,4-11,13-14H2,(H,23,30)/t17-,18-,19+,20+/m0/s1. The van der Waals surface area contributed by atoms with Crippen LogP contribution in [0.5, 0.6) is 11.8 Å². The van der Waals surface area contributed by atoms with Gasteiger partial charge < -0.3 is 38.8 Å². The van der Waals surface area contributed by atoms with Crippen LogP contribution in [0, 0.1) is 0 Å². The van der Waals surface area contributed by atoms with Crippen molar-refractivity contribution in [1.29, 1.82) is 0 Å². The number of benzene rings is 1.